The van der Waals surface area contributed by atoms with Crippen LogP contribution in [-0.4, -0.2) is 16.1 Å². The van der Waals surface area contributed by atoms with Crippen molar-refractivity contribution in [2.24, 2.45) is 0 Å². The zero-order chi connectivity index (χ0) is 11.0. The van der Waals surface area contributed by atoms with Gasteiger partial charge in [-0.25, -0.2) is 4.79 Å². The van der Waals surface area contributed by atoms with Gasteiger partial charge in [0.05, 0.1) is 11.1 Å². The third kappa shape index (κ3) is 1.61. The zero-order valence-corrected chi connectivity index (χ0v) is 9.58. The highest BCUT2D eigenvalue weighted by Crippen LogP contribution is 2.27. The van der Waals surface area contributed by atoms with Crippen LogP contribution in [0.1, 0.15) is 15.9 Å². The lowest BCUT2D eigenvalue weighted by Crippen LogP contribution is -2.00. The number of hydrogen-bond acceptors (Lipinski definition) is 2. The van der Waals surface area contributed by atoms with Gasteiger partial charge in [-0.2, -0.15) is 0 Å². The van der Waals surface area contributed by atoms with Crippen LogP contribution in [0, 0.1) is 6.92 Å². The van der Waals surface area contributed by atoms with E-state index >= 15 is 0 Å². The van der Waals surface area contributed by atoms with Crippen molar-refractivity contribution in [3.05, 3.63) is 40.0 Å². The van der Waals surface area contributed by atoms with Gasteiger partial charge in [0.15, 0.2) is 0 Å². The van der Waals surface area contributed by atoms with E-state index in [2.05, 4.69) is 20.9 Å². The van der Waals surface area contributed by atoms with E-state index in [0.717, 1.165) is 15.4 Å². The number of benzene rings is 1. The van der Waals surface area contributed by atoms with Gasteiger partial charge in [0.1, 0.15) is 0 Å². The molecule has 3 nitrogen and oxygen atoms in total. The molecule has 4 heteroatoms. The molecule has 0 aliphatic carbocycles. The van der Waals surface area contributed by atoms with Crippen molar-refractivity contribution >= 4 is 32.8 Å². The van der Waals surface area contributed by atoms with Crippen molar-refractivity contribution in [3.63, 3.8) is 0 Å². The molecule has 0 saturated heterocycles. The Labute approximate surface area is 94.9 Å². The maximum atomic E-state index is 11.0. The molecule has 0 aliphatic heterocycles. The van der Waals surface area contributed by atoms with E-state index in [0.29, 0.717) is 5.52 Å². The highest BCUT2D eigenvalue weighted by Gasteiger charge is 2.13. The predicted molar refractivity (Wildman–Crippen MR) is 61.1 cm³/mol. The topological polar surface area (TPSA) is 50.2 Å². The van der Waals surface area contributed by atoms with E-state index in [1.54, 1.807) is 18.3 Å². The Hall–Kier alpha value is -1.42. The maximum absolute atomic E-state index is 11.0. The molecule has 0 aliphatic rings. The van der Waals surface area contributed by atoms with E-state index in [9.17, 15) is 4.79 Å². The number of carbonyl (C=O) groups is 1. The van der Waals surface area contributed by atoms with Crippen LogP contribution in [0.3, 0.4) is 0 Å². The van der Waals surface area contributed by atoms with Gasteiger partial charge in [0.25, 0.3) is 0 Å². The second kappa shape index (κ2) is 3.62. The fourth-order valence-corrected chi connectivity index (χ4v) is 1.96. The van der Waals surface area contributed by atoms with E-state index < -0.39 is 5.97 Å². The van der Waals surface area contributed by atoms with Gasteiger partial charge in [-0.05, 0) is 24.6 Å². The average molecular weight is 266 g/mol. The van der Waals surface area contributed by atoms with Crippen LogP contribution in [0.15, 0.2) is 28.9 Å². The number of pyridine rings is 1. The van der Waals surface area contributed by atoms with Crippen molar-refractivity contribution < 1.29 is 9.90 Å². The molecule has 0 unspecified atom stereocenters. The third-order valence-electron chi connectivity index (χ3n) is 2.33. The molecule has 1 aromatic heterocycles. The zero-order valence-electron chi connectivity index (χ0n) is 7.99. The van der Waals surface area contributed by atoms with Gasteiger partial charge in [-0.15, -0.1) is 0 Å². The van der Waals surface area contributed by atoms with Gasteiger partial charge < -0.3 is 5.11 Å². The number of halogens is 1. The first-order valence-electron chi connectivity index (χ1n) is 4.38. The van der Waals surface area contributed by atoms with Crippen molar-refractivity contribution in [2.75, 3.05) is 0 Å². The number of hydrogen-bond donors (Lipinski definition) is 1. The number of fused-ring (bicyclic) bond motifs is 1. The summed E-state index contributed by atoms with van der Waals surface area (Å²) in [6.45, 7) is 1.93. The first kappa shape index (κ1) is 10.1. The SMILES string of the molecule is Cc1c(Br)cc(C(=O)O)c2ncccc12. The fourth-order valence-electron chi connectivity index (χ4n) is 1.52. The number of nitrogens with zero attached hydrogens (tertiary/aromatic N) is 1. The Morgan fingerprint density at radius 3 is 2.93 bits per heavy atom. The summed E-state index contributed by atoms with van der Waals surface area (Å²) >= 11 is 3.34. The van der Waals surface area contributed by atoms with Crippen molar-refractivity contribution in [1.82, 2.24) is 4.98 Å². The molecule has 0 spiro atoms. The van der Waals surface area contributed by atoms with E-state index in [4.69, 9.17) is 5.11 Å². The number of aromatic nitrogens is 1. The summed E-state index contributed by atoms with van der Waals surface area (Å²) in [6, 6.07) is 5.26. The van der Waals surface area contributed by atoms with E-state index in [1.807, 2.05) is 13.0 Å². The Bertz CT molecular complexity index is 552. The lowest BCUT2D eigenvalue weighted by Gasteiger charge is -2.06. The summed E-state index contributed by atoms with van der Waals surface area (Å²) in [4.78, 5) is 15.1. The minimum Gasteiger partial charge on any atom is -0.478 e. The van der Waals surface area contributed by atoms with Crippen LogP contribution in [0.2, 0.25) is 0 Å². The summed E-state index contributed by atoms with van der Waals surface area (Å²) in [5, 5.41) is 9.90. The van der Waals surface area contributed by atoms with Crippen LogP contribution < -0.4 is 0 Å². The number of aryl methyl sites for hydroxylation is 1. The molecule has 1 aromatic carbocycles. The minimum absolute atomic E-state index is 0.225. The molecule has 0 amide bonds. The Balaban J connectivity index is 2.94. The number of carboxylic acids is 1. The van der Waals surface area contributed by atoms with Crippen LogP contribution in [-0.2, 0) is 0 Å². The highest BCUT2D eigenvalue weighted by atomic mass is 79.9. The monoisotopic (exact) mass is 265 g/mol. The largest absolute Gasteiger partial charge is 0.478 e. The maximum Gasteiger partial charge on any atom is 0.337 e. The second-order valence-corrected chi connectivity index (χ2v) is 4.09. The first-order chi connectivity index (χ1) is 7.11. The van der Waals surface area contributed by atoms with Crippen LogP contribution in [0.25, 0.3) is 10.9 Å². The summed E-state index contributed by atoms with van der Waals surface area (Å²) in [7, 11) is 0. The Morgan fingerprint density at radius 2 is 2.27 bits per heavy atom. The van der Waals surface area contributed by atoms with Crippen molar-refractivity contribution in [3.8, 4) is 0 Å². The molecular formula is C11H8BrNO2. The third-order valence-corrected chi connectivity index (χ3v) is 3.15. The number of carboxylic acid groups (broad SMARTS) is 1. The summed E-state index contributed by atoms with van der Waals surface area (Å²) in [5.74, 6) is -0.959. The highest BCUT2D eigenvalue weighted by molar-refractivity contribution is 9.10. The number of aromatic carboxylic acids is 1. The normalized spacial score (nSPS) is 10.5. The first-order valence-corrected chi connectivity index (χ1v) is 5.17. The summed E-state index contributed by atoms with van der Waals surface area (Å²) in [6.07, 6.45) is 1.60. The quantitative estimate of drug-likeness (QED) is 0.863. The lowest BCUT2D eigenvalue weighted by molar-refractivity contribution is 0.0699. The molecule has 2 rings (SSSR count). The molecule has 76 valence electrons. The predicted octanol–water partition coefficient (Wildman–Crippen LogP) is 3.00. The Morgan fingerprint density at radius 1 is 1.53 bits per heavy atom. The molecule has 0 fully saturated rings. The molecule has 0 bridgehead atoms. The molecule has 0 saturated carbocycles. The van der Waals surface area contributed by atoms with Crippen LogP contribution >= 0.6 is 15.9 Å². The smallest absolute Gasteiger partial charge is 0.337 e. The molecule has 1 N–H and O–H groups in total. The standard InChI is InChI=1S/C11H8BrNO2/c1-6-7-3-2-4-13-10(7)8(11(14)15)5-9(6)12/h2-5H,1H3,(H,14,15). The van der Waals surface area contributed by atoms with Crippen molar-refractivity contribution in [2.45, 2.75) is 6.92 Å². The van der Waals surface area contributed by atoms with Crippen LogP contribution in [0.5, 0.6) is 0 Å². The average Bonchev–Trinajstić information content (AvgIpc) is 2.23. The molecule has 1 heterocycles. The molecular weight excluding hydrogens is 258 g/mol. The van der Waals surface area contributed by atoms with Crippen molar-refractivity contribution in [1.29, 1.82) is 0 Å². The lowest BCUT2D eigenvalue weighted by atomic mass is 10.1. The molecule has 2 aromatic rings. The number of rotatable bonds is 1. The Kier molecular flexibility index (Phi) is 2.44. The van der Waals surface area contributed by atoms with Gasteiger partial charge in [-0.1, -0.05) is 22.0 Å². The van der Waals surface area contributed by atoms with Gasteiger partial charge in [0, 0.05) is 16.1 Å². The summed E-state index contributed by atoms with van der Waals surface area (Å²) < 4.78 is 0.792. The fraction of sp³-hybridized carbons (Fsp3) is 0.0909. The van der Waals surface area contributed by atoms with E-state index in [1.165, 1.54) is 0 Å². The van der Waals surface area contributed by atoms with Crippen LogP contribution in [0.4, 0.5) is 0 Å². The minimum atomic E-state index is -0.959. The van der Waals surface area contributed by atoms with E-state index in [-0.39, 0.29) is 5.56 Å². The molecule has 0 atom stereocenters. The van der Waals surface area contributed by atoms with Gasteiger partial charge in [0.2, 0.25) is 0 Å². The molecule has 15 heavy (non-hydrogen) atoms. The van der Waals surface area contributed by atoms with Gasteiger partial charge in [-0.3, -0.25) is 4.98 Å². The summed E-state index contributed by atoms with van der Waals surface area (Å²) in [5.41, 5.74) is 1.76. The molecule has 0 radical (unpaired) electrons. The van der Waals surface area contributed by atoms with Gasteiger partial charge >= 0.3 is 5.97 Å². The second-order valence-electron chi connectivity index (χ2n) is 3.24.